The molecule has 0 spiro atoms. The van der Waals surface area contributed by atoms with Crippen molar-refractivity contribution in [2.45, 2.75) is 58.8 Å². The topological polar surface area (TPSA) is 12.0 Å². The van der Waals surface area contributed by atoms with Crippen LogP contribution in [-0.4, -0.2) is 13.6 Å². The number of benzene rings is 1. The van der Waals surface area contributed by atoms with E-state index in [1.807, 2.05) is 0 Å². The van der Waals surface area contributed by atoms with E-state index in [1.54, 1.807) is 0 Å². The van der Waals surface area contributed by atoms with E-state index in [4.69, 9.17) is 0 Å². The molecule has 1 aromatic carbocycles. The summed E-state index contributed by atoms with van der Waals surface area (Å²) in [6.45, 7) is 5.65. The number of hydrogen-bond donors (Lipinski definition) is 1. The smallest absolute Gasteiger partial charge is 0.00203 e. The predicted molar refractivity (Wildman–Crippen MR) is 85.7 cm³/mol. The molecule has 1 nitrogen and oxygen atoms in total. The van der Waals surface area contributed by atoms with E-state index in [0.717, 1.165) is 12.5 Å². The van der Waals surface area contributed by atoms with E-state index < -0.39 is 0 Å². The van der Waals surface area contributed by atoms with Crippen molar-refractivity contribution in [1.82, 2.24) is 5.32 Å². The van der Waals surface area contributed by atoms with Crippen LogP contribution in [0.3, 0.4) is 0 Å². The highest BCUT2D eigenvalue weighted by atomic mass is 14.8. The van der Waals surface area contributed by atoms with Crippen molar-refractivity contribution in [3.63, 3.8) is 0 Å². The third-order valence-electron chi connectivity index (χ3n) is 3.98. The zero-order chi connectivity index (χ0) is 13.9. The molecule has 0 fully saturated rings. The third-order valence-corrected chi connectivity index (χ3v) is 3.98. The SMILES string of the molecule is CCCCCCCC(CNC)Cc1ccccc1C. The maximum absolute atomic E-state index is 3.36. The van der Waals surface area contributed by atoms with E-state index in [0.29, 0.717) is 0 Å². The van der Waals surface area contributed by atoms with E-state index in [9.17, 15) is 0 Å². The molecule has 19 heavy (non-hydrogen) atoms. The summed E-state index contributed by atoms with van der Waals surface area (Å²) in [6.07, 6.45) is 9.52. The summed E-state index contributed by atoms with van der Waals surface area (Å²) in [5.41, 5.74) is 2.96. The minimum Gasteiger partial charge on any atom is -0.319 e. The molecule has 0 aromatic heterocycles. The van der Waals surface area contributed by atoms with Crippen molar-refractivity contribution in [3.8, 4) is 0 Å². The Labute approximate surface area is 119 Å². The Morgan fingerprint density at radius 2 is 1.79 bits per heavy atom. The Morgan fingerprint density at radius 1 is 1.05 bits per heavy atom. The average Bonchev–Trinajstić information content (AvgIpc) is 2.41. The lowest BCUT2D eigenvalue weighted by atomic mass is 9.91. The number of rotatable bonds is 10. The Hall–Kier alpha value is -0.820. The summed E-state index contributed by atoms with van der Waals surface area (Å²) in [5, 5.41) is 3.36. The summed E-state index contributed by atoms with van der Waals surface area (Å²) < 4.78 is 0. The molecule has 0 saturated carbocycles. The summed E-state index contributed by atoms with van der Waals surface area (Å²) in [4.78, 5) is 0. The van der Waals surface area contributed by atoms with Gasteiger partial charge in [-0.25, -0.2) is 0 Å². The van der Waals surface area contributed by atoms with Crippen LogP contribution in [0.2, 0.25) is 0 Å². The largest absolute Gasteiger partial charge is 0.319 e. The van der Waals surface area contributed by atoms with Crippen molar-refractivity contribution in [3.05, 3.63) is 35.4 Å². The van der Waals surface area contributed by atoms with Gasteiger partial charge >= 0.3 is 0 Å². The molecule has 1 aromatic rings. The van der Waals surface area contributed by atoms with Crippen molar-refractivity contribution < 1.29 is 0 Å². The highest BCUT2D eigenvalue weighted by Gasteiger charge is 2.10. The number of nitrogens with one attached hydrogen (secondary N) is 1. The lowest BCUT2D eigenvalue weighted by molar-refractivity contribution is 0.433. The van der Waals surface area contributed by atoms with E-state index in [-0.39, 0.29) is 0 Å². The highest BCUT2D eigenvalue weighted by Crippen LogP contribution is 2.18. The molecule has 0 amide bonds. The Balaban J connectivity index is 2.37. The second-order valence-electron chi connectivity index (χ2n) is 5.76. The van der Waals surface area contributed by atoms with Gasteiger partial charge < -0.3 is 5.32 Å². The van der Waals surface area contributed by atoms with E-state index in [2.05, 4.69) is 50.5 Å². The van der Waals surface area contributed by atoms with Crippen molar-refractivity contribution >= 4 is 0 Å². The molecule has 0 heterocycles. The molecule has 0 aliphatic carbocycles. The van der Waals surface area contributed by atoms with Gasteiger partial charge in [0, 0.05) is 0 Å². The fourth-order valence-electron chi connectivity index (χ4n) is 2.75. The highest BCUT2D eigenvalue weighted by molar-refractivity contribution is 5.25. The Morgan fingerprint density at radius 3 is 2.47 bits per heavy atom. The minimum absolute atomic E-state index is 0.785. The lowest BCUT2D eigenvalue weighted by Gasteiger charge is -2.18. The molecule has 1 N–H and O–H groups in total. The van der Waals surface area contributed by atoms with E-state index >= 15 is 0 Å². The zero-order valence-corrected chi connectivity index (χ0v) is 13.0. The molecule has 0 saturated heterocycles. The van der Waals surface area contributed by atoms with Gasteiger partial charge in [-0.15, -0.1) is 0 Å². The quantitative estimate of drug-likeness (QED) is 0.600. The molecule has 1 atom stereocenters. The average molecular weight is 261 g/mol. The van der Waals surface area contributed by atoms with Crippen LogP contribution in [0.25, 0.3) is 0 Å². The second-order valence-corrected chi connectivity index (χ2v) is 5.76. The molecule has 108 valence electrons. The monoisotopic (exact) mass is 261 g/mol. The summed E-state index contributed by atoms with van der Waals surface area (Å²) in [7, 11) is 2.07. The van der Waals surface area contributed by atoms with Crippen molar-refractivity contribution in [2.24, 2.45) is 5.92 Å². The first kappa shape index (κ1) is 16.2. The van der Waals surface area contributed by atoms with Gasteiger partial charge in [0.15, 0.2) is 0 Å². The van der Waals surface area contributed by atoms with Gasteiger partial charge in [0.2, 0.25) is 0 Å². The van der Waals surface area contributed by atoms with Crippen LogP contribution in [-0.2, 0) is 6.42 Å². The Bertz CT molecular complexity index is 332. The van der Waals surface area contributed by atoms with Gasteiger partial charge in [-0.05, 0) is 50.4 Å². The first-order valence-electron chi connectivity index (χ1n) is 7.97. The molecular weight excluding hydrogens is 230 g/mol. The molecule has 1 rings (SSSR count). The third kappa shape index (κ3) is 6.77. The second kappa shape index (κ2) is 10.0. The normalized spacial score (nSPS) is 12.6. The Kier molecular flexibility index (Phi) is 8.57. The maximum atomic E-state index is 3.36. The molecular formula is C18H31N. The van der Waals surface area contributed by atoms with Gasteiger partial charge in [0.25, 0.3) is 0 Å². The molecule has 1 heteroatoms. The maximum Gasteiger partial charge on any atom is -0.00203 e. The standard InChI is InChI=1S/C18H31N/c1-4-5-6-7-8-12-17(15-19-3)14-18-13-10-9-11-16(18)2/h9-11,13,17,19H,4-8,12,14-15H2,1-3H3. The lowest BCUT2D eigenvalue weighted by Crippen LogP contribution is -2.21. The number of aryl methyl sites for hydroxylation is 1. The molecule has 0 aliphatic heterocycles. The predicted octanol–water partition coefficient (Wildman–Crippen LogP) is 4.73. The van der Waals surface area contributed by atoms with Gasteiger partial charge in [-0.3, -0.25) is 0 Å². The fraction of sp³-hybridized carbons (Fsp3) is 0.667. The summed E-state index contributed by atoms with van der Waals surface area (Å²) in [5.74, 6) is 0.785. The van der Waals surface area contributed by atoms with Crippen LogP contribution in [0.5, 0.6) is 0 Å². The number of unbranched alkanes of at least 4 members (excludes halogenated alkanes) is 4. The minimum atomic E-state index is 0.785. The summed E-state index contributed by atoms with van der Waals surface area (Å²) in [6, 6.07) is 8.82. The van der Waals surface area contributed by atoms with Gasteiger partial charge in [-0.1, -0.05) is 63.3 Å². The van der Waals surface area contributed by atoms with Crippen molar-refractivity contribution in [1.29, 1.82) is 0 Å². The van der Waals surface area contributed by atoms with Crippen LogP contribution < -0.4 is 5.32 Å². The summed E-state index contributed by atoms with van der Waals surface area (Å²) >= 11 is 0. The van der Waals surface area contributed by atoms with Crippen LogP contribution in [0.4, 0.5) is 0 Å². The van der Waals surface area contributed by atoms with Crippen LogP contribution in [0.1, 0.15) is 56.6 Å². The van der Waals surface area contributed by atoms with Gasteiger partial charge in [0.05, 0.1) is 0 Å². The van der Waals surface area contributed by atoms with Gasteiger partial charge in [0.1, 0.15) is 0 Å². The number of hydrogen-bond acceptors (Lipinski definition) is 1. The first-order chi connectivity index (χ1) is 9.27. The van der Waals surface area contributed by atoms with Gasteiger partial charge in [-0.2, -0.15) is 0 Å². The van der Waals surface area contributed by atoms with Crippen LogP contribution >= 0.6 is 0 Å². The molecule has 0 radical (unpaired) electrons. The van der Waals surface area contributed by atoms with E-state index in [1.165, 1.54) is 56.1 Å². The van der Waals surface area contributed by atoms with Crippen LogP contribution in [0, 0.1) is 12.8 Å². The van der Waals surface area contributed by atoms with Crippen LogP contribution in [0.15, 0.2) is 24.3 Å². The fourth-order valence-corrected chi connectivity index (χ4v) is 2.75. The molecule has 1 unspecified atom stereocenters. The first-order valence-corrected chi connectivity index (χ1v) is 7.97. The molecule has 0 aliphatic rings. The zero-order valence-electron chi connectivity index (χ0n) is 13.0. The molecule has 0 bridgehead atoms. The van der Waals surface area contributed by atoms with Crippen molar-refractivity contribution in [2.75, 3.05) is 13.6 Å².